The van der Waals surface area contributed by atoms with Gasteiger partial charge in [-0.1, -0.05) is 23.7 Å². The van der Waals surface area contributed by atoms with Gasteiger partial charge in [-0.05, 0) is 32.0 Å². The summed E-state index contributed by atoms with van der Waals surface area (Å²) in [5, 5.41) is 0.725. The van der Waals surface area contributed by atoms with Crippen LogP contribution in [0.2, 0.25) is 5.02 Å². The molecule has 2 aromatic rings. The number of pyridine rings is 1. The van der Waals surface area contributed by atoms with Crippen molar-refractivity contribution in [1.29, 1.82) is 0 Å². The molecule has 0 saturated heterocycles. The van der Waals surface area contributed by atoms with Crippen LogP contribution in [0.1, 0.15) is 29.8 Å². The first kappa shape index (κ1) is 15.5. The third kappa shape index (κ3) is 4.05. The number of rotatable bonds is 5. The molecule has 0 aliphatic carbocycles. The van der Waals surface area contributed by atoms with Gasteiger partial charge in [-0.3, -0.25) is 4.79 Å². The van der Waals surface area contributed by atoms with Crippen molar-refractivity contribution in [3.63, 3.8) is 0 Å². The van der Waals surface area contributed by atoms with Gasteiger partial charge in [0.1, 0.15) is 5.56 Å². The summed E-state index contributed by atoms with van der Waals surface area (Å²) in [7, 11) is 0. The van der Waals surface area contributed by atoms with Gasteiger partial charge in [0, 0.05) is 29.7 Å². The van der Waals surface area contributed by atoms with E-state index in [4.69, 9.17) is 11.6 Å². The van der Waals surface area contributed by atoms with Crippen LogP contribution in [0, 0.1) is 0 Å². The van der Waals surface area contributed by atoms with E-state index >= 15 is 0 Å². The first-order chi connectivity index (χ1) is 10.1. The van der Waals surface area contributed by atoms with E-state index in [1.54, 1.807) is 0 Å². The molecule has 0 bridgehead atoms. The number of carbonyl (C=O) groups excluding carboxylic acids is 1. The Morgan fingerprint density at radius 1 is 1.19 bits per heavy atom. The quantitative estimate of drug-likeness (QED) is 0.779. The lowest BCUT2D eigenvalue weighted by atomic mass is 10.2. The van der Waals surface area contributed by atoms with E-state index in [0.717, 1.165) is 23.7 Å². The van der Waals surface area contributed by atoms with Crippen molar-refractivity contribution in [3.05, 3.63) is 64.9 Å². The Bertz CT molecular complexity index is 624. The van der Waals surface area contributed by atoms with E-state index in [2.05, 4.69) is 0 Å². The Morgan fingerprint density at radius 2 is 1.95 bits per heavy atom. The highest BCUT2D eigenvalue weighted by atomic mass is 35.5. The van der Waals surface area contributed by atoms with Gasteiger partial charge in [0.05, 0.1) is 0 Å². The average molecular weight is 304 g/mol. The zero-order valence-corrected chi connectivity index (χ0v) is 13.2. The SMILES string of the molecule is CCN(CC)C(=O)c1ccc[n+](Cc2cccc(Cl)c2)c1. The largest absolute Gasteiger partial charge is 0.339 e. The molecule has 0 aliphatic rings. The van der Waals surface area contributed by atoms with Crippen LogP contribution in [-0.4, -0.2) is 23.9 Å². The van der Waals surface area contributed by atoms with Crippen molar-refractivity contribution in [2.24, 2.45) is 0 Å². The zero-order chi connectivity index (χ0) is 15.2. The van der Waals surface area contributed by atoms with Crippen LogP contribution in [0.4, 0.5) is 0 Å². The molecular formula is C17H20ClN2O+. The predicted octanol–water partition coefficient (Wildman–Crippen LogP) is 3.16. The minimum Gasteiger partial charge on any atom is -0.339 e. The highest BCUT2D eigenvalue weighted by Crippen LogP contribution is 2.10. The van der Waals surface area contributed by atoms with Gasteiger partial charge in [0.2, 0.25) is 0 Å². The summed E-state index contributed by atoms with van der Waals surface area (Å²) in [5.74, 6) is 0.0699. The lowest BCUT2D eigenvalue weighted by Gasteiger charge is -2.17. The van der Waals surface area contributed by atoms with Gasteiger partial charge in [-0.2, -0.15) is 4.57 Å². The maximum absolute atomic E-state index is 12.4. The summed E-state index contributed by atoms with van der Waals surface area (Å²) in [6.45, 7) is 6.12. The van der Waals surface area contributed by atoms with Crippen LogP contribution >= 0.6 is 11.6 Å². The molecule has 4 heteroatoms. The molecule has 0 saturated carbocycles. The molecular weight excluding hydrogens is 284 g/mol. The number of halogens is 1. The van der Waals surface area contributed by atoms with E-state index in [1.807, 2.05) is 72.1 Å². The van der Waals surface area contributed by atoms with Gasteiger partial charge in [-0.25, -0.2) is 0 Å². The standard InChI is InChI=1S/C17H20ClN2O/c1-3-20(4-2)17(21)15-8-6-10-19(13-15)12-14-7-5-9-16(18)11-14/h5-11,13H,3-4,12H2,1-2H3/q+1. The number of nitrogens with zero attached hydrogens (tertiary/aromatic N) is 2. The van der Waals surface area contributed by atoms with E-state index in [1.165, 1.54) is 0 Å². The Hall–Kier alpha value is -1.87. The van der Waals surface area contributed by atoms with Gasteiger partial charge in [0.15, 0.2) is 18.9 Å². The molecule has 0 radical (unpaired) electrons. The van der Waals surface area contributed by atoms with Crippen LogP contribution in [0.15, 0.2) is 48.8 Å². The molecule has 0 atom stereocenters. The van der Waals surface area contributed by atoms with Crippen molar-refractivity contribution in [2.75, 3.05) is 13.1 Å². The summed E-state index contributed by atoms with van der Waals surface area (Å²) < 4.78 is 2.00. The van der Waals surface area contributed by atoms with Crippen LogP contribution in [0.5, 0.6) is 0 Å². The van der Waals surface area contributed by atoms with E-state index in [-0.39, 0.29) is 5.91 Å². The van der Waals surface area contributed by atoms with E-state index < -0.39 is 0 Å². The fourth-order valence-electron chi connectivity index (χ4n) is 2.29. The Balaban J connectivity index is 2.20. The number of aromatic nitrogens is 1. The monoisotopic (exact) mass is 303 g/mol. The number of benzene rings is 1. The Kier molecular flexibility index (Phi) is 5.34. The summed E-state index contributed by atoms with van der Waals surface area (Å²) >= 11 is 6.00. The van der Waals surface area contributed by atoms with Crippen LogP contribution in [-0.2, 0) is 6.54 Å². The molecule has 110 valence electrons. The summed E-state index contributed by atoms with van der Waals surface area (Å²) in [6.07, 6.45) is 3.85. The second-order valence-electron chi connectivity index (χ2n) is 4.87. The third-order valence-electron chi connectivity index (χ3n) is 3.41. The molecule has 0 spiro atoms. The van der Waals surface area contributed by atoms with Gasteiger partial charge in [0.25, 0.3) is 5.91 Å². The molecule has 21 heavy (non-hydrogen) atoms. The predicted molar refractivity (Wildman–Crippen MR) is 84.4 cm³/mol. The van der Waals surface area contributed by atoms with Gasteiger partial charge in [-0.15, -0.1) is 0 Å². The molecule has 0 N–H and O–H groups in total. The lowest BCUT2D eigenvalue weighted by Crippen LogP contribution is -2.37. The highest BCUT2D eigenvalue weighted by Gasteiger charge is 2.15. The Morgan fingerprint density at radius 3 is 2.62 bits per heavy atom. The van der Waals surface area contributed by atoms with Gasteiger partial charge < -0.3 is 4.90 Å². The van der Waals surface area contributed by atoms with Crippen molar-refractivity contribution in [1.82, 2.24) is 4.90 Å². The number of hydrogen-bond donors (Lipinski definition) is 0. The topological polar surface area (TPSA) is 24.2 Å². The Labute approximate surface area is 130 Å². The fourth-order valence-corrected chi connectivity index (χ4v) is 2.50. The van der Waals surface area contributed by atoms with Crippen molar-refractivity contribution in [2.45, 2.75) is 20.4 Å². The number of hydrogen-bond acceptors (Lipinski definition) is 1. The third-order valence-corrected chi connectivity index (χ3v) is 3.65. The molecule has 0 fully saturated rings. The molecule has 1 aromatic heterocycles. The second-order valence-corrected chi connectivity index (χ2v) is 5.31. The molecule has 2 rings (SSSR count). The summed E-state index contributed by atoms with van der Waals surface area (Å²) in [5.41, 5.74) is 1.82. The van der Waals surface area contributed by atoms with Crippen LogP contribution < -0.4 is 4.57 Å². The lowest BCUT2D eigenvalue weighted by molar-refractivity contribution is -0.688. The zero-order valence-electron chi connectivity index (χ0n) is 12.4. The highest BCUT2D eigenvalue weighted by molar-refractivity contribution is 6.30. The smallest absolute Gasteiger partial charge is 0.259 e. The maximum Gasteiger partial charge on any atom is 0.259 e. The molecule has 1 amide bonds. The molecule has 1 heterocycles. The molecule has 3 nitrogen and oxygen atoms in total. The van der Waals surface area contributed by atoms with E-state index in [0.29, 0.717) is 12.1 Å². The average Bonchev–Trinajstić information content (AvgIpc) is 2.48. The number of amides is 1. The first-order valence-electron chi connectivity index (χ1n) is 7.16. The van der Waals surface area contributed by atoms with Crippen LogP contribution in [0.25, 0.3) is 0 Å². The maximum atomic E-state index is 12.4. The summed E-state index contributed by atoms with van der Waals surface area (Å²) in [6, 6.07) is 11.5. The van der Waals surface area contributed by atoms with Crippen LogP contribution in [0.3, 0.4) is 0 Å². The molecule has 0 aliphatic heterocycles. The first-order valence-corrected chi connectivity index (χ1v) is 7.54. The minimum atomic E-state index is 0.0699. The van der Waals surface area contributed by atoms with Crippen molar-refractivity contribution < 1.29 is 9.36 Å². The molecule has 1 aromatic carbocycles. The van der Waals surface area contributed by atoms with Crippen molar-refractivity contribution in [3.8, 4) is 0 Å². The summed E-state index contributed by atoms with van der Waals surface area (Å²) in [4.78, 5) is 14.2. The normalized spacial score (nSPS) is 10.4. The minimum absolute atomic E-state index is 0.0699. The molecule has 0 unspecified atom stereocenters. The van der Waals surface area contributed by atoms with Gasteiger partial charge >= 0.3 is 0 Å². The van der Waals surface area contributed by atoms with Crippen molar-refractivity contribution >= 4 is 17.5 Å². The fraction of sp³-hybridized carbons (Fsp3) is 0.294. The second kappa shape index (κ2) is 7.23. The number of carbonyl (C=O) groups is 1. The van der Waals surface area contributed by atoms with E-state index in [9.17, 15) is 4.79 Å².